The van der Waals surface area contributed by atoms with Gasteiger partial charge in [-0.3, -0.25) is 68.2 Å². The molecule has 1 aromatic heterocycles. The predicted molar refractivity (Wildman–Crippen MR) is 443 cm³/mol. The number of ether oxygens (including phenoxy) is 6. The molecule has 2 fully saturated rings. The molecule has 14 rings (SSSR count). The van der Waals surface area contributed by atoms with E-state index < -0.39 is 283 Å². The Kier molecular flexibility index (Phi) is 29.4. The number of amides is 11. The first-order chi connectivity index (χ1) is 60.6. The number of hydrogen-bond donors (Lipinski definition) is 22. The molecule has 18 atom stereocenters. The summed E-state index contributed by atoms with van der Waals surface area (Å²) in [5, 5.41) is 129. The molecule has 46 heteroatoms. The van der Waals surface area contributed by atoms with Crippen LogP contribution in [0.1, 0.15) is 111 Å². The Morgan fingerprint density at radius 1 is 0.703 bits per heavy atom. The number of phenols is 3. The predicted octanol–water partition coefficient (Wildman–Crippen LogP) is -0.484. The number of carbonyl (C=O) groups is 11. The molecule has 24 N–H and O–H groups in total. The number of nitrogens with zero attached hydrogens (tertiary/aromatic N) is 2. The van der Waals surface area contributed by atoms with Gasteiger partial charge in [-0.05, 0) is 139 Å². The number of aromatic nitrogens is 2. The van der Waals surface area contributed by atoms with Crippen molar-refractivity contribution in [2.24, 2.45) is 17.4 Å². The van der Waals surface area contributed by atoms with Gasteiger partial charge in [-0.25, -0.2) is 9.18 Å². The molecule has 128 heavy (non-hydrogen) atoms. The van der Waals surface area contributed by atoms with Gasteiger partial charge < -0.3 is 134 Å². The van der Waals surface area contributed by atoms with Gasteiger partial charge >= 0.3 is 17.5 Å². The fourth-order valence-corrected chi connectivity index (χ4v) is 15.6. The number of aromatic hydroxyl groups is 3. The molecule has 8 heterocycles. The second-order valence-corrected chi connectivity index (χ2v) is 32.5. The highest BCUT2D eigenvalue weighted by Gasteiger charge is 2.52. The molecule has 18 unspecified atom stereocenters. The van der Waals surface area contributed by atoms with Gasteiger partial charge in [-0.15, -0.1) is 0 Å². The molecule has 0 radical (unpaired) electrons. The third-order valence-electron chi connectivity index (χ3n) is 21.6. The molecule has 7 aliphatic heterocycles. The number of nitrogens with two attached hydrogens (primary N) is 2. The first-order valence-electron chi connectivity index (χ1n) is 39.5. The summed E-state index contributed by atoms with van der Waals surface area (Å²) < 4.78 is 54.6. The number of primary amides is 2. The largest absolute Gasteiger partial charge is 0.508 e. The number of rotatable bonds is 20. The zero-order chi connectivity index (χ0) is 92.9. The molecule has 7 aromatic rings. The number of hydrazine groups is 1. The number of fused-ring (bicyclic) bond motifs is 15. The summed E-state index contributed by atoms with van der Waals surface area (Å²) in [6.07, 6.45) is -19.0. The third kappa shape index (κ3) is 21.3. The van der Waals surface area contributed by atoms with E-state index in [1.54, 1.807) is 26.2 Å². The highest BCUT2D eigenvalue weighted by atomic mass is 35.5. The summed E-state index contributed by atoms with van der Waals surface area (Å²) in [4.78, 5) is 175. The van der Waals surface area contributed by atoms with Crippen molar-refractivity contribution < 1.29 is 132 Å². The number of phenolic OH excluding ortho intramolecular Hbond substituents is 3. The van der Waals surface area contributed by atoms with Crippen molar-refractivity contribution in [1.29, 1.82) is 0 Å². The molecule has 682 valence electrons. The minimum atomic E-state index is -2.45. The molecule has 2 saturated heterocycles. The number of hydrogen-bond acceptors (Lipinski definition) is 30. The van der Waals surface area contributed by atoms with Gasteiger partial charge in [0.25, 0.3) is 5.91 Å². The standard InChI is InChI=1S/C82H89Cl3FN15O27/c1-31(2)18-45(89-5)72(114)97-62-64(108)35-8-12-49(42(84)22-35)124-51-24-37-25-52(68(51)128-80-69(67(111)66(110)53(30-102)126-80)127-57-29-82(4,70(112)32(3)123-57)90-15-17-101-16-14-55(93-81(101)122)92-56(107)20-33-6-10-41(83)44(86)19-33)125-50-13-9-36(23-43(50)85)65(109)63-77(119)96-61(78(120)99-100-79(121)71(88)113)40-26-38(103)27-48(105)58(40)39-21-34(7-11-47(39)104)59(74(116)98-63)95-75(117)60(37)94-73(115)46(28-54(87)106)91-76(62)118/h6-14,16,19,21-27,31-32,45-46,53,57,59-67,69-70,80,89-90,102-105,108-112H,15,17-18,20,28-30H2,1-5H3,(H2,87,106)(H2,88,113)(H,91,118)(H,94,115)(H,95,117)(H,96,119)(H,97,114)(H,98,116)(H,99,120)(H,100,121)(H,92,93,107,122). The average Bonchev–Trinajstić information content (AvgIpc) is 0.762. The second-order valence-electron chi connectivity index (χ2n) is 31.3. The van der Waals surface area contributed by atoms with Crippen LogP contribution >= 0.6 is 34.8 Å². The van der Waals surface area contributed by atoms with E-state index in [0.717, 1.165) is 78.9 Å². The van der Waals surface area contributed by atoms with Crippen LogP contribution in [0.3, 0.4) is 0 Å². The topological polar surface area (TPSA) is 644 Å². The number of aliphatic hydroxyl groups excluding tert-OH is 6. The fraction of sp³-hybridized carbons (Fsp3) is 0.378. The summed E-state index contributed by atoms with van der Waals surface area (Å²) in [7, 11) is 1.45. The number of carbonyl (C=O) groups excluding carboxylic acids is 11. The van der Waals surface area contributed by atoms with Gasteiger partial charge in [-0.2, -0.15) is 4.98 Å². The lowest BCUT2D eigenvalue weighted by molar-refractivity contribution is -0.334. The van der Waals surface area contributed by atoms with Gasteiger partial charge in [0.2, 0.25) is 59.3 Å². The Balaban J connectivity index is 1.00. The Hall–Kier alpha value is -12.5. The lowest BCUT2D eigenvalue weighted by Crippen LogP contribution is -2.65. The summed E-state index contributed by atoms with van der Waals surface area (Å²) in [5.74, 6) is -21.5. The molecule has 0 spiro atoms. The maximum Gasteiger partial charge on any atom is 0.349 e. The van der Waals surface area contributed by atoms with Crippen LogP contribution in [0.4, 0.5) is 10.2 Å². The van der Waals surface area contributed by atoms with E-state index in [-0.39, 0.29) is 65.8 Å². The second kappa shape index (κ2) is 39.8. The molecule has 0 saturated carbocycles. The van der Waals surface area contributed by atoms with Crippen LogP contribution in [-0.4, -0.2) is 220 Å². The Labute approximate surface area is 739 Å². The van der Waals surface area contributed by atoms with E-state index in [2.05, 4.69) is 52.8 Å². The zero-order valence-electron chi connectivity index (χ0n) is 68.2. The zero-order valence-corrected chi connectivity index (χ0v) is 70.4. The first kappa shape index (κ1) is 94.7. The third-order valence-corrected chi connectivity index (χ3v) is 22.5. The van der Waals surface area contributed by atoms with Crippen LogP contribution in [0.25, 0.3) is 11.1 Å². The van der Waals surface area contributed by atoms with Crippen LogP contribution < -0.4 is 90.1 Å². The van der Waals surface area contributed by atoms with Gasteiger partial charge in [0.15, 0.2) is 23.9 Å². The SMILES string of the molecule is CNC(CC(C)C)C(=O)NC1C(=O)NC(CC(N)=O)C(=O)NC2C(=O)NC3C(=O)NC(C(=O)NC(C(=O)NNC(=O)C(N)=O)c4cc(O)cc(O)c4-c4cc3ccc4O)C(O)c3ccc(c(Cl)c3)Oc3cc2cc(c3OC2OC(CO)C(O)C(O)C2OC2CC(C)(NCCn3ccc(NC(=O)Cc4ccc(Cl)c(F)c4)nc3=O)C(O)C(C)O2)Oc2ccc(cc2Cl)C1O. The van der Waals surface area contributed by atoms with Crippen molar-refractivity contribution in [1.82, 2.24) is 62.9 Å². The normalized spacial score (nSPS) is 25.5. The first-order valence-corrected chi connectivity index (χ1v) is 40.6. The molecular formula is C82H89Cl3FN15O27. The van der Waals surface area contributed by atoms with E-state index in [1.807, 2.05) is 5.43 Å². The number of benzene rings is 6. The summed E-state index contributed by atoms with van der Waals surface area (Å²) >= 11 is 20.1. The lowest BCUT2D eigenvalue weighted by Gasteiger charge is -2.48. The number of anilines is 1. The van der Waals surface area contributed by atoms with Crippen LogP contribution in [0.15, 0.2) is 114 Å². The van der Waals surface area contributed by atoms with Gasteiger partial charge in [0.1, 0.15) is 107 Å². The number of likely N-dealkylation sites (N-methyl/N-ethyl adjacent to an activating group) is 1. The van der Waals surface area contributed by atoms with Crippen LogP contribution in [0, 0.1) is 11.7 Å². The monoisotopic (exact) mass is 1840 g/mol. The van der Waals surface area contributed by atoms with Crippen LogP contribution in [-0.2, 0) is 79.9 Å². The minimum absolute atomic E-state index is 0.0797. The summed E-state index contributed by atoms with van der Waals surface area (Å²) in [6.45, 7) is 5.38. The van der Waals surface area contributed by atoms with E-state index in [0.29, 0.717) is 0 Å². The number of aliphatic hydroxyl groups is 6. The minimum Gasteiger partial charge on any atom is -0.508 e. The van der Waals surface area contributed by atoms with E-state index in [9.17, 15) is 83.9 Å². The molecule has 11 amide bonds. The Bertz CT molecular complexity index is 5590. The summed E-state index contributed by atoms with van der Waals surface area (Å²) in [5.41, 5.74) is 9.16. The van der Waals surface area contributed by atoms with E-state index >= 15 is 24.0 Å². The van der Waals surface area contributed by atoms with E-state index in [4.69, 9.17) is 74.7 Å². The molecule has 0 aliphatic carbocycles. The van der Waals surface area contributed by atoms with Crippen LogP contribution in [0.2, 0.25) is 15.1 Å². The molecule has 11 bridgehead atoms. The average molecular weight is 1840 g/mol. The number of halogens is 4. The maximum absolute atomic E-state index is 16.3. The molecule has 6 aromatic carbocycles. The van der Waals surface area contributed by atoms with Crippen molar-refractivity contribution in [2.75, 3.05) is 25.5 Å². The van der Waals surface area contributed by atoms with E-state index in [1.165, 1.54) is 49.0 Å². The van der Waals surface area contributed by atoms with Crippen molar-refractivity contribution >= 4 is 106 Å². The molecule has 7 aliphatic rings. The smallest absolute Gasteiger partial charge is 0.349 e. The maximum atomic E-state index is 16.3. The molecular weight excluding hydrogens is 1750 g/mol. The van der Waals surface area contributed by atoms with Crippen molar-refractivity contribution in [3.8, 4) is 57.1 Å². The van der Waals surface area contributed by atoms with Crippen LogP contribution in [0.5, 0.6) is 46.0 Å². The fourth-order valence-electron chi connectivity index (χ4n) is 15.1. The van der Waals surface area contributed by atoms with Gasteiger partial charge in [0, 0.05) is 48.4 Å². The molecule has 42 nitrogen and oxygen atoms in total. The van der Waals surface area contributed by atoms with Crippen molar-refractivity contribution in [3.05, 3.63) is 174 Å². The Morgan fingerprint density at radius 3 is 1.98 bits per heavy atom. The number of nitrogens with one attached hydrogen (secondary N) is 11. The quantitative estimate of drug-likeness (QED) is 0.0338. The van der Waals surface area contributed by atoms with Gasteiger partial charge in [-0.1, -0.05) is 72.9 Å². The summed E-state index contributed by atoms with van der Waals surface area (Å²) in [6, 6.07) is 3.27. The Morgan fingerprint density at radius 2 is 1.35 bits per heavy atom. The van der Waals surface area contributed by atoms with Crippen molar-refractivity contribution in [2.45, 2.75) is 169 Å². The van der Waals surface area contributed by atoms with Crippen molar-refractivity contribution in [3.63, 3.8) is 0 Å². The highest BCUT2D eigenvalue weighted by molar-refractivity contribution is 6.34. The van der Waals surface area contributed by atoms with Gasteiger partial charge in [0.05, 0.1) is 52.8 Å². The highest BCUT2D eigenvalue weighted by Crippen LogP contribution is 2.50. The lowest BCUT2D eigenvalue weighted by atomic mass is 9.85.